The lowest BCUT2D eigenvalue weighted by Crippen LogP contribution is -2.12. The summed E-state index contributed by atoms with van der Waals surface area (Å²) in [5.74, 6) is 5.17. The Balaban J connectivity index is 2.03. The zero-order valence-corrected chi connectivity index (χ0v) is 11.1. The molecule has 2 N–H and O–H groups in total. The Morgan fingerprint density at radius 3 is 2.62 bits per heavy atom. The van der Waals surface area contributed by atoms with Crippen LogP contribution in [-0.2, 0) is 0 Å². The van der Waals surface area contributed by atoms with Crippen LogP contribution in [0.15, 0.2) is 42.6 Å². The lowest BCUT2D eigenvalue weighted by atomic mass is 10.1. The first-order valence-electron chi connectivity index (χ1n) is 6.32. The van der Waals surface area contributed by atoms with Gasteiger partial charge in [0.25, 0.3) is 5.91 Å². The minimum atomic E-state index is -0.459. The Kier molecular flexibility index (Phi) is 5.02. The van der Waals surface area contributed by atoms with Gasteiger partial charge in [-0.1, -0.05) is 11.8 Å². The number of halogens is 1. The van der Waals surface area contributed by atoms with Gasteiger partial charge in [-0.15, -0.1) is 0 Å². The van der Waals surface area contributed by atoms with Crippen molar-refractivity contribution in [2.24, 2.45) is 0 Å². The predicted octanol–water partition coefficient (Wildman–Crippen LogP) is 2.21. The van der Waals surface area contributed by atoms with E-state index in [1.807, 2.05) is 0 Å². The zero-order valence-electron chi connectivity index (χ0n) is 11.1. The van der Waals surface area contributed by atoms with Crippen LogP contribution in [0, 0.1) is 17.7 Å². The zero-order chi connectivity index (χ0) is 15.1. The second-order valence-electron chi connectivity index (χ2n) is 4.17. The number of hydrogen-bond donors (Lipinski definition) is 2. The third-order valence-electron chi connectivity index (χ3n) is 2.59. The number of aromatic nitrogens is 1. The summed E-state index contributed by atoms with van der Waals surface area (Å²) in [6.07, 6.45) is 1.45. The maximum absolute atomic E-state index is 12.7. The lowest BCUT2D eigenvalue weighted by Gasteiger charge is -2.04. The standard InChI is InChI=1S/C16H13FN2O2/c17-14-8-9-15(18-11-14)19-16(21)13-6-4-12(5-7-13)3-1-2-10-20/h4-9,11,20H,2,10H2,(H,18,19,21). The first-order chi connectivity index (χ1) is 10.2. The van der Waals surface area contributed by atoms with Crippen LogP contribution in [0.1, 0.15) is 22.3 Å². The molecule has 0 saturated heterocycles. The molecule has 0 aliphatic heterocycles. The second-order valence-corrected chi connectivity index (χ2v) is 4.17. The summed E-state index contributed by atoms with van der Waals surface area (Å²) in [7, 11) is 0. The summed E-state index contributed by atoms with van der Waals surface area (Å²) >= 11 is 0. The highest BCUT2D eigenvalue weighted by molar-refractivity contribution is 6.03. The Bertz CT molecular complexity index is 670. The van der Waals surface area contributed by atoms with Gasteiger partial charge in [-0.2, -0.15) is 0 Å². The van der Waals surface area contributed by atoms with Gasteiger partial charge in [0.1, 0.15) is 11.6 Å². The number of rotatable bonds is 3. The number of carbonyl (C=O) groups excluding carboxylic acids is 1. The number of anilines is 1. The van der Waals surface area contributed by atoms with Crippen molar-refractivity contribution in [3.8, 4) is 11.8 Å². The summed E-state index contributed by atoms with van der Waals surface area (Å²) in [4.78, 5) is 15.7. The van der Waals surface area contributed by atoms with E-state index in [9.17, 15) is 9.18 Å². The monoisotopic (exact) mass is 284 g/mol. The van der Waals surface area contributed by atoms with Crippen molar-refractivity contribution in [3.63, 3.8) is 0 Å². The van der Waals surface area contributed by atoms with E-state index in [-0.39, 0.29) is 18.3 Å². The van der Waals surface area contributed by atoms with E-state index in [4.69, 9.17) is 5.11 Å². The highest BCUT2D eigenvalue weighted by Crippen LogP contribution is 2.08. The van der Waals surface area contributed by atoms with Crippen LogP contribution in [0.3, 0.4) is 0 Å². The molecule has 21 heavy (non-hydrogen) atoms. The first-order valence-corrected chi connectivity index (χ1v) is 6.32. The van der Waals surface area contributed by atoms with Gasteiger partial charge < -0.3 is 10.4 Å². The fraction of sp³-hybridized carbons (Fsp3) is 0.125. The molecule has 0 bridgehead atoms. The summed E-state index contributed by atoms with van der Waals surface area (Å²) in [6, 6.07) is 9.34. The van der Waals surface area contributed by atoms with E-state index in [1.54, 1.807) is 24.3 Å². The van der Waals surface area contributed by atoms with Gasteiger partial charge in [0.2, 0.25) is 0 Å². The summed E-state index contributed by atoms with van der Waals surface area (Å²) < 4.78 is 12.7. The van der Waals surface area contributed by atoms with Crippen molar-refractivity contribution in [3.05, 3.63) is 59.5 Å². The van der Waals surface area contributed by atoms with Gasteiger partial charge in [-0.05, 0) is 36.4 Å². The molecule has 0 saturated carbocycles. The number of amides is 1. The van der Waals surface area contributed by atoms with Gasteiger partial charge in [0, 0.05) is 17.5 Å². The first kappa shape index (κ1) is 14.7. The SMILES string of the molecule is O=C(Nc1ccc(F)cn1)c1ccc(C#CCCO)cc1. The van der Waals surface area contributed by atoms with E-state index in [2.05, 4.69) is 22.1 Å². The molecule has 4 nitrogen and oxygen atoms in total. The fourth-order valence-corrected chi connectivity index (χ4v) is 1.56. The quantitative estimate of drug-likeness (QED) is 0.849. The Hall–Kier alpha value is -2.71. The number of hydrogen-bond acceptors (Lipinski definition) is 3. The molecule has 2 rings (SSSR count). The number of benzene rings is 1. The molecule has 2 aromatic rings. The normalized spacial score (nSPS) is 9.62. The summed E-state index contributed by atoms with van der Waals surface area (Å²) in [5.41, 5.74) is 1.22. The number of nitrogens with zero attached hydrogens (tertiary/aromatic N) is 1. The maximum atomic E-state index is 12.7. The molecule has 5 heteroatoms. The molecule has 106 valence electrons. The third-order valence-corrected chi connectivity index (χ3v) is 2.59. The van der Waals surface area contributed by atoms with E-state index < -0.39 is 5.82 Å². The highest BCUT2D eigenvalue weighted by Gasteiger charge is 2.06. The van der Waals surface area contributed by atoms with Crippen molar-refractivity contribution in [1.82, 2.24) is 4.98 Å². The molecule has 0 atom stereocenters. The number of aliphatic hydroxyl groups excluding tert-OH is 1. The van der Waals surface area contributed by atoms with Crippen molar-refractivity contribution < 1.29 is 14.3 Å². The van der Waals surface area contributed by atoms with E-state index >= 15 is 0 Å². The molecule has 0 radical (unpaired) electrons. The minimum Gasteiger partial charge on any atom is -0.395 e. The van der Waals surface area contributed by atoms with Crippen LogP contribution in [0.4, 0.5) is 10.2 Å². The molecule has 1 aromatic carbocycles. The molecule has 1 heterocycles. The van der Waals surface area contributed by atoms with Crippen molar-refractivity contribution in [1.29, 1.82) is 0 Å². The van der Waals surface area contributed by atoms with Gasteiger partial charge in [0.15, 0.2) is 0 Å². The van der Waals surface area contributed by atoms with Crippen molar-refractivity contribution >= 4 is 11.7 Å². The van der Waals surface area contributed by atoms with Crippen molar-refractivity contribution in [2.75, 3.05) is 11.9 Å². The summed E-state index contributed by atoms with van der Waals surface area (Å²) in [6.45, 7) is 0.0260. The van der Waals surface area contributed by atoms with Crippen LogP contribution in [-0.4, -0.2) is 22.6 Å². The minimum absolute atomic E-state index is 0.0260. The van der Waals surface area contributed by atoms with Crippen molar-refractivity contribution in [2.45, 2.75) is 6.42 Å². The second kappa shape index (κ2) is 7.17. The Morgan fingerprint density at radius 2 is 2.00 bits per heavy atom. The predicted molar refractivity (Wildman–Crippen MR) is 77.2 cm³/mol. The van der Waals surface area contributed by atoms with Gasteiger partial charge in [0.05, 0.1) is 12.8 Å². The molecule has 1 amide bonds. The van der Waals surface area contributed by atoms with Crippen LogP contribution in [0.5, 0.6) is 0 Å². The number of carbonyl (C=O) groups is 1. The molecule has 0 fully saturated rings. The molecule has 0 spiro atoms. The number of aliphatic hydroxyl groups is 1. The number of nitrogens with one attached hydrogen (secondary N) is 1. The lowest BCUT2D eigenvalue weighted by molar-refractivity contribution is 0.102. The average molecular weight is 284 g/mol. The fourth-order valence-electron chi connectivity index (χ4n) is 1.56. The molecule has 0 aliphatic rings. The maximum Gasteiger partial charge on any atom is 0.256 e. The smallest absolute Gasteiger partial charge is 0.256 e. The van der Waals surface area contributed by atoms with Gasteiger partial charge in [-0.25, -0.2) is 9.37 Å². The summed E-state index contributed by atoms with van der Waals surface area (Å²) in [5, 5.41) is 11.2. The van der Waals surface area contributed by atoms with Crippen LogP contribution in [0.25, 0.3) is 0 Å². The largest absolute Gasteiger partial charge is 0.395 e. The molecule has 0 aliphatic carbocycles. The average Bonchev–Trinajstić information content (AvgIpc) is 2.50. The number of pyridine rings is 1. The molecular weight excluding hydrogens is 271 g/mol. The van der Waals surface area contributed by atoms with Gasteiger partial charge >= 0.3 is 0 Å². The third kappa shape index (κ3) is 4.41. The topological polar surface area (TPSA) is 62.2 Å². The Labute approximate surface area is 121 Å². The van der Waals surface area contributed by atoms with E-state index in [0.29, 0.717) is 12.0 Å². The van der Waals surface area contributed by atoms with Crippen LogP contribution >= 0.6 is 0 Å². The van der Waals surface area contributed by atoms with Gasteiger partial charge in [-0.3, -0.25) is 4.79 Å². The van der Waals surface area contributed by atoms with Crippen LogP contribution in [0.2, 0.25) is 0 Å². The Morgan fingerprint density at radius 1 is 1.24 bits per heavy atom. The van der Waals surface area contributed by atoms with E-state index in [1.165, 1.54) is 12.1 Å². The van der Waals surface area contributed by atoms with E-state index in [0.717, 1.165) is 11.8 Å². The molecule has 1 aromatic heterocycles. The van der Waals surface area contributed by atoms with Crippen LogP contribution < -0.4 is 5.32 Å². The highest BCUT2D eigenvalue weighted by atomic mass is 19.1. The molecule has 0 unspecified atom stereocenters. The molecular formula is C16H13FN2O2.